The Morgan fingerprint density at radius 2 is 2.00 bits per heavy atom. The highest BCUT2D eigenvalue weighted by molar-refractivity contribution is 5.60. The number of hydrogen-bond donors (Lipinski definition) is 0. The molecular formula is C13H11F2N3. The van der Waals surface area contributed by atoms with Crippen LogP contribution < -0.4 is 0 Å². The van der Waals surface area contributed by atoms with Crippen LogP contribution >= 0.6 is 0 Å². The third-order valence-electron chi connectivity index (χ3n) is 2.54. The summed E-state index contributed by atoms with van der Waals surface area (Å²) in [7, 11) is 0. The van der Waals surface area contributed by atoms with E-state index in [0.717, 1.165) is 25.1 Å². The SMILES string of the molecule is CCCn1ccc(-c2cc(F)c(C#N)c(F)c2)n1. The summed E-state index contributed by atoms with van der Waals surface area (Å²) in [6.45, 7) is 2.77. The van der Waals surface area contributed by atoms with E-state index in [1.165, 1.54) is 6.07 Å². The van der Waals surface area contributed by atoms with Crippen molar-refractivity contribution < 1.29 is 8.78 Å². The van der Waals surface area contributed by atoms with E-state index < -0.39 is 17.2 Å². The summed E-state index contributed by atoms with van der Waals surface area (Å²) in [5.74, 6) is -1.73. The van der Waals surface area contributed by atoms with Crippen molar-refractivity contribution >= 4 is 0 Å². The molecule has 3 nitrogen and oxygen atoms in total. The normalized spacial score (nSPS) is 10.3. The Kier molecular flexibility index (Phi) is 3.38. The van der Waals surface area contributed by atoms with Gasteiger partial charge in [0.15, 0.2) is 0 Å². The summed E-state index contributed by atoms with van der Waals surface area (Å²) in [5.41, 5.74) is 0.260. The van der Waals surface area contributed by atoms with Crippen molar-refractivity contribution in [2.75, 3.05) is 0 Å². The van der Waals surface area contributed by atoms with Crippen LogP contribution in [0.4, 0.5) is 8.78 Å². The fraction of sp³-hybridized carbons (Fsp3) is 0.231. The zero-order valence-electron chi connectivity index (χ0n) is 9.82. The Labute approximate surface area is 103 Å². The van der Waals surface area contributed by atoms with Crippen LogP contribution in [-0.4, -0.2) is 9.78 Å². The minimum Gasteiger partial charge on any atom is -0.272 e. The van der Waals surface area contributed by atoms with Gasteiger partial charge in [-0.15, -0.1) is 0 Å². The third kappa shape index (κ3) is 2.23. The first-order valence-corrected chi connectivity index (χ1v) is 5.58. The Morgan fingerprint density at radius 1 is 1.33 bits per heavy atom. The molecule has 0 saturated heterocycles. The molecule has 2 rings (SSSR count). The average Bonchev–Trinajstić information content (AvgIpc) is 2.78. The molecule has 0 aliphatic rings. The second-order valence-electron chi connectivity index (χ2n) is 3.89. The maximum Gasteiger partial charge on any atom is 0.144 e. The van der Waals surface area contributed by atoms with Gasteiger partial charge >= 0.3 is 0 Å². The number of benzene rings is 1. The van der Waals surface area contributed by atoms with E-state index in [4.69, 9.17) is 5.26 Å². The summed E-state index contributed by atoms with van der Waals surface area (Å²) in [6.07, 6.45) is 2.68. The molecule has 18 heavy (non-hydrogen) atoms. The molecule has 0 amide bonds. The molecule has 0 aliphatic carbocycles. The number of aromatic nitrogens is 2. The number of rotatable bonds is 3. The molecule has 0 spiro atoms. The van der Waals surface area contributed by atoms with E-state index >= 15 is 0 Å². The van der Waals surface area contributed by atoms with Gasteiger partial charge in [-0.2, -0.15) is 10.4 Å². The fourth-order valence-corrected chi connectivity index (χ4v) is 1.70. The number of aryl methyl sites for hydroxylation is 1. The first-order chi connectivity index (χ1) is 8.65. The van der Waals surface area contributed by atoms with Crippen LogP contribution in [-0.2, 0) is 6.54 Å². The van der Waals surface area contributed by atoms with Crippen LogP contribution in [0.15, 0.2) is 24.4 Å². The van der Waals surface area contributed by atoms with Crippen LogP contribution in [0.1, 0.15) is 18.9 Å². The van der Waals surface area contributed by atoms with E-state index in [0.29, 0.717) is 11.3 Å². The van der Waals surface area contributed by atoms with Gasteiger partial charge in [-0.05, 0) is 24.6 Å². The number of nitrogens with zero attached hydrogens (tertiary/aromatic N) is 3. The topological polar surface area (TPSA) is 41.6 Å². The summed E-state index contributed by atoms with van der Waals surface area (Å²) < 4.78 is 28.6. The lowest BCUT2D eigenvalue weighted by molar-refractivity contribution is 0.577. The molecule has 0 atom stereocenters. The fourth-order valence-electron chi connectivity index (χ4n) is 1.70. The van der Waals surface area contributed by atoms with Crippen molar-refractivity contribution in [3.05, 3.63) is 41.6 Å². The monoisotopic (exact) mass is 247 g/mol. The smallest absolute Gasteiger partial charge is 0.144 e. The highest BCUT2D eigenvalue weighted by atomic mass is 19.1. The maximum atomic E-state index is 13.5. The Balaban J connectivity index is 2.42. The van der Waals surface area contributed by atoms with Gasteiger partial charge in [-0.3, -0.25) is 4.68 Å². The minimum absolute atomic E-state index is 0.332. The zero-order valence-corrected chi connectivity index (χ0v) is 9.82. The minimum atomic E-state index is -0.863. The molecular weight excluding hydrogens is 236 g/mol. The molecule has 0 N–H and O–H groups in total. The molecule has 0 bridgehead atoms. The number of hydrogen-bond acceptors (Lipinski definition) is 2. The molecule has 1 heterocycles. The van der Waals surface area contributed by atoms with Crippen molar-refractivity contribution in [3.63, 3.8) is 0 Å². The first kappa shape index (κ1) is 12.2. The highest BCUT2D eigenvalue weighted by Gasteiger charge is 2.12. The van der Waals surface area contributed by atoms with E-state index in [1.807, 2.05) is 6.92 Å². The second kappa shape index (κ2) is 4.96. The van der Waals surface area contributed by atoms with Crippen molar-refractivity contribution in [3.8, 4) is 17.3 Å². The lowest BCUT2D eigenvalue weighted by Crippen LogP contribution is -1.97. The van der Waals surface area contributed by atoms with E-state index in [1.54, 1.807) is 16.9 Å². The quantitative estimate of drug-likeness (QED) is 0.836. The van der Waals surface area contributed by atoms with Gasteiger partial charge in [0, 0.05) is 18.3 Å². The molecule has 0 unspecified atom stereocenters. The van der Waals surface area contributed by atoms with Gasteiger partial charge in [0.2, 0.25) is 0 Å². The summed E-state index contributed by atoms with van der Waals surface area (Å²) in [5, 5.41) is 12.8. The predicted octanol–water partition coefficient (Wildman–Crippen LogP) is 3.11. The first-order valence-electron chi connectivity index (χ1n) is 5.58. The van der Waals surface area contributed by atoms with Gasteiger partial charge in [0.25, 0.3) is 0 Å². The van der Waals surface area contributed by atoms with Crippen molar-refractivity contribution in [1.82, 2.24) is 9.78 Å². The lowest BCUT2D eigenvalue weighted by atomic mass is 10.1. The zero-order chi connectivity index (χ0) is 13.1. The molecule has 0 aliphatic heterocycles. The van der Waals surface area contributed by atoms with Crippen LogP contribution in [0.3, 0.4) is 0 Å². The summed E-state index contributed by atoms with van der Waals surface area (Å²) in [6, 6.07) is 5.43. The van der Waals surface area contributed by atoms with Gasteiger partial charge in [-0.1, -0.05) is 6.92 Å². The molecule has 0 saturated carbocycles. The number of halogens is 2. The second-order valence-corrected chi connectivity index (χ2v) is 3.89. The molecule has 0 radical (unpaired) electrons. The summed E-state index contributed by atoms with van der Waals surface area (Å²) >= 11 is 0. The van der Waals surface area contributed by atoms with Crippen LogP contribution in [0.25, 0.3) is 11.3 Å². The Hall–Kier alpha value is -2.22. The molecule has 2 aromatic rings. The van der Waals surface area contributed by atoms with E-state index in [-0.39, 0.29) is 0 Å². The Morgan fingerprint density at radius 3 is 2.56 bits per heavy atom. The predicted molar refractivity (Wildman–Crippen MR) is 62.6 cm³/mol. The van der Waals surface area contributed by atoms with Crippen molar-refractivity contribution in [2.45, 2.75) is 19.9 Å². The van der Waals surface area contributed by atoms with Gasteiger partial charge in [0.1, 0.15) is 23.3 Å². The molecule has 92 valence electrons. The average molecular weight is 247 g/mol. The lowest BCUT2D eigenvalue weighted by Gasteiger charge is -2.01. The highest BCUT2D eigenvalue weighted by Crippen LogP contribution is 2.22. The van der Waals surface area contributed by atoms with Crippen molar-refractivity contribution in [2.24, 2.45) is 0 Å². The van der Waals surface area contributed by atoms with Crippen LogP contribution in [0, 0.1) is 23.0 Å². The largest absolute Gasteiger partial charge is 0.272 e. The van der Waals surface area contributed by atoms with Crippen LogP contribution in [0.5, 0.6) is 0 Å². The standard InChI is InChI=1S/C13H11F2N3/c1-2-4-18-5-3-13(17-18)9-6-11(14)10(8-16)12(15)7-9/h3,5-7H,2,4H2,1H3. The summed E-state index contributed by atoms with van der Waals surface area (Å²) in [4.78, 5) is 0. The number of nitriles is 1. The third-order valence-corrected chi connectivity index (χ3v) is 2.54. The van der Waals surface area contributed by atoms with E-state index in [2.05, 4.69) is 5.10 Å². The van der Waals surface area contributed by atoms with E-state index in [9.17, 15) is 8.78 Å². The molecule has 1 aromatic heterocycles. The Bertz CT molecular complexity index is 588. The van der Waals surface area contributed by atoms with Gasteiger partial charge in [-0.25, -0.2) is 8.78 Å². The van der Waals surface area contributed by atoms with Gasteiger partial charge < -0.3 is 0 Å². The molecule has 1 aromatic carbocycles. The van der Waals surface area contributed by atoms with Crippen LogP contribution in [0.2, 0.25) is 0 Å². The molecule has 5 heteroatoms. The van der Waals surface area contributed by atoms with Gasteiger partial charge in [0.05, 0.1) is 5.69 Å². The maximum absolute atomic E-state index is 13.5. The van der Waals surface area contributed by atoms with Crippen molar-refractivity contribution in [1.29, 1.82) is 5.26 Å². The molecule has 0 fully saturated rings.